The number of aliphatic hydroxyl groups excluding tert-OH is 1. The SMILES string of the molecule is COc1nc(N)nc2c1ncn2[C@@H]1O[C@H](COP(=O)(O)O)[C@@H](O)[C@@]1(C)F. The number of nitrogen functional groups attached to an aromatic ring is 1. The molecule has 0 saturated carbocycles. The summed E-state index contributed by atoms with van der Waals surface area (Å²) >= 11 is 0. The molecule has 144 valence electrons. The van der Waals surface area contributed by atoms with Crippen LogP contribution in [0.5, 0.6) is 5.88 Å². The lowest BCUT2D eigenvalue weighted by atomic mass is 9.98. The van der Waals surface area contributed by atoms with Gasteiger partial charge >= 0.3 is 7.82 Å². The number of anilines is 1. The van der Waals surface area contributed by atoms with Crippen molar-refractivity contribution in [3.8, 4) is 5.88 Å². The lowest BCUT2D eigenvalue weighted by Gasteiger charge is -2.24. The van der Waals surface area contributed by atoms with Crippen molar-refractivity contribution in [2.45, 2.75) is 31.0 Å². The summed E-state index contributed by atoms with van der Waals surface area (Å²) in [7, 11) is -3.46. The summed E-state index contributed by atoms with van der Waals surface area (Å²) in [6.45, 7) is 0.363. The van der Waals surface area contributed by atoms with E-state index in [1.165, 1.54) is 18.0 Å². The van der Waals surface area contributed by atoms with Gasteiger partial charge in [0.15, 0.2) is 23.1 Å². The van der Waals surface area contributed by atoms with Gasteiger partial charge in [0.1, 0.15) is 12.2 Å². The van der Waals surface area contributed by atoms with Gasteiger partial charge in [-0.3, -0.25) is 9.09 Å². The Labute approximate surface area is 146 Å². The second kappa shape index (κ2) is 6.37. The average molecular weight is 393 g/mol. The van der Waals surface area contributed by atoms with Crippen molar-refractivity contribution in [2.75, 3.05) is 19.5 Å². The summed E-state index contributed by atoms with van der Waals surface area (Å²) in [6, 6.07) is 0. The highest BCUT2D eigenvalue weighted by Gasteiger charge is 2.55. The molecule has 12 nitrogen and oxygen atoms in total. The fraction of sp³-hybridized carbons (Fsp3) is 0.583. The Bertz CT molecular complexity index is 871. The van der Waals surface area contributed by atoms with Crippen LogP contribution in [0.3, 0.4) is 0 Å². The number of nitrogens with two attached hydrogens (primary N) is 1. The fourth-order valence-corrected chi connectivity index (χ4v) is 3.08. The molecule has 5 N–H and O–H groups in total. The minimum atomic E-state index is -4.81. The van der Waals surface area contributed by atoms with Gasteiger partial charge < -0.3 is 30.1 Å². The van der Waals surface area contributed by atoms with Crippen LogP contribution in [-0.2, 0) is 13.8 Å². The van der Waals surface area contributed by atoms with E-state index < -0.39 is 38.5 Å². The number of fused-ring (bicyclic) bond motifs is 1. The van der Waals surface area contributed by atoms with Gasteiger partial charge in [0.2, 0.25) is 11.8 Å². The zero-order valence-electron chi connectivity index (χ0n) is 13.7. The molecule has 0 aromatic carbocycles. The van der Waals surface area contributed by atoms with Crippen LogP contribution >= 0.6 is 7.82 Å². The molecule has 0 radical (unpaired) electrons. The summed E-state index contributed by atoms with van der Waals surface area (Å²) in [4.78, 5) is 29.4. The summed E-state index contributed by atoms with van der Waals surface area (Å²) in [5.74, 6) is -0.0664. The Morgan fingerprint density at radius 3 is 2.81 bits per heavy atom. The maximum atomic E-state index is 15.1. The van der Waals surface area contributed by atoms with Crippen molar-refractivity contribution in [3.05, 3.63) is 6.33 Å². The molecule has 0 bridgehead atoms. The van der Waals surface area contributed by atoms with Crippen LogP contribution in [0.1, 0.15) is 13.2 Å². The van der Waals surface area contributed by atoms with E-state index in [1.54, 1.807) is 0 Å². The Kier molecular flexibility index (Phi) is 4.63. The number of alkyl halides is 1. The van der Waals surface area contributed by atoms with Gasteiger partial charge in [-0.05, 0) is 6.92 Å². The molecule has 1 saturated heterocycles. The van der Waals surface area contributed by atoms with Crippen LogP contribution in [0.15, 0.2) is 6.33 Å². The van der Waals surface area contributed by atoms with E-state index in [-0.39, 0.29) is 23.0 Å². The molecule has 2 aromatic rings. The minimum absolute atomic E-state index is 0.0757. The van der Waals surface area contributed by atoms with E-state index >= 15 is 4.39 Å². The highest BCUT2D eigenvalue weighted by molar-refractivity contribution is 7.46. The maximum absolute atomic E-state index is 15.1. The molecule has 0 aliphatic carbocycles. The second-order valence-corrected chi connectivity index (χ2v) is 7.06. The zero-order chi connectivity index (χ0) is 19.3. The molecule has 4 atom stereocenters. The smallest absolute Gasteiger partial charge is 0.469 e. The standard InChI is InChI=1S/C12H17FN5O7P/c1-12(13)7(19)5(3-24-26(20,21)22)25-10(12)18-4-15-6-8(18)16-11(14)17-9(6)23-2/h4-5,7,10,19H,3H2,1-2H3,(H2,14,16,17)(H2,20,21,22)/t5-,7-,10-,12-/m1/s1. The summed E-state index contributed by atoms with van der Waals surface area (Å²) < 4.78 is 42.0. The van der Waals surface area contributed by atoms with Crippen molar-refractivity contribution in [2.24, 2.45) is 0 Å². The first kappa shape index (κ1) is 18.9. The van der Waals surface area contributed by atoms with Crippen LogP contribution < -0.4 is 10.5 Å². The number of imidazole rings is 1. The molecule has 1 fully saturated rings. The minimum Gasteiger partial charge on any atom is -0.479 e. The number of methoxy groups -OCH3 is 1. The van der Waals surface area contributed by atoms with Crippen LogP contribution in [0.25, 0.3) is 11.2 Å². The number of phosphoric acid groups is 1. The number of halogens is 1. The van der Waals surface area contributed by atoms with Crippen molar-refractivity contribution in [1.82, 2.24) is 19.5 Å². The van der Waals surface area contributed by atoms with E-state index in [0.717, 1.165) is 6.92 Å². The maximum Gasteiger partial charge on any atom is 0.469 e. The first-order valence-corrected chi connectivity index (χ1v) is 8.84. The number of aliphatic hydroxyl groups is 1. The molecular formula is C12H17FN5O7P. The summed E-state index contributed by atoms with van der Waals surface area (Å²) in [5.41, 5.74) is 3.57. The van der Waals surface area contributed by atoms with Crippen molar-refractivity contribution >= 4 is 24.9 Å². The molecule has 3 rings (SSSR count). The summed E-state index contributed by atoms with van der Waals surface area (Å²) in [6.07, 6.45) is -3.26. The fourth-order valence-electron chi connectivity index (χ4n) is 2.74. The molecule has 1 aliphatic rings. The average Bonchev–Trinajstić information content (AvgIpc) is 3.04. The summed E-state index contributed by atoms with van der Waals surface area (Å²) in [5, 5.41) is 10.2. The molecule has 0 amide bonds. The number of nitrogens with zero attached hydrogens (tertiary/aromatic N) is 4. The van der Waals surface area contributed by atoms with Crippen LogP contribution in [-0.4, -0.2) is 66.0 Å². The van der Waals surface area contributed by atoms with E-state index in [2.05, 4.69) is 19.5 Å². The van der Waals surface area contributed by atoms with E-state index in [0.29, 0.717) is 0 Å². The van der Waals surface area contributed by atoms with Gasteiger partial charge in [0, 0.05) is 0 Å². The predicted octanol–water partition coefficient (Wildman–Crippen LogP) is -0.487. The van der Waals surface area contributed by atoms with Crippen molar-refractivity contribution < 1.29 is 37.8 Å². The first-order chi connectivity index (χ1) is 12.0. The normalized spacial score (nSPS) is 29.4. The quantitative estimate of drug-likeness (QED) is 0.482. The van der Waals surface area contributed by atoms with Gasteiger partial charge in [-0.25, -0.2) is 13.9 Å². The number of phosphoric ester groups is 1. The van der Waals surface area contributed by atoms with Gasteiger partial charge in [-0.15, -0.1) is 0 Å². The van der Waals surface area contributed by atoms with Gasteiger partial charge in [0.25, 0.3) is 0 Å². The van der Waals surface area contributed by atoms with Gasteiger partial charge in [-0.1, -0.05) is 0 Å². The Balaban J connectivity index is 1.97. The predicted molar refractivity (Wildman–Crippen MR) is 83.7 cm³/mol. The second-order valence-electron chi connectivity index (χ2n) is 5.82. The van der Waals surface area contributed by atoms with Crippen LogP contribution in [0.2, 0.25) is 0 Å². The first-order valence-electron chi connectivity index (χ1n) is 7.31. The number of aromatic nitrogens is 4. The molecule has 0 unspecified atom stereocenters. The molecule has 0 spiro atoms. The molecule has 14 heteroatoms. The molecule has 1 aliphatic heterocycles. The third-order valence-corrected chi connectivity index (χ3v) is 4.46. The monoisotopic (exact) mass is 393 g/mol. The number of hydrogen-bond donors (Lipinski definition) is 4. The number of rotatable bonds is 5. The van der Waals surface area contributed by atoms with Crippen molar-refractivity contribution in [3.63, 3.8) is 0 Å². The molecule has 26 heavy (non-hydrogen) atoms. The van der Waals surface area contributed by atoms with Crippen LogP contribution in [0, 0.1) is 0 Å². The highest BCUT2D eigenvalue weighted by Crippen LogP contribution is 2.44. The van der Waals surface area contributed by atoms with E-state index in [1.807, 2.05) is 0 Å². The van der Waals surface area contributed by atoms with Crippen LogP contribution in [0.4, 0.5) is 10.3 Å². The highest BCUT2D eigenvalue weighted by atomic mass is 31.2. The number of hydrogen-bond acceptors (Lipinski definition) is 9. The molecular weight excluding hydrogens is 376 g/mol. The molecule has 2 aromatic heterocycles. The topological polar surface area (TPSA) is 175 Å². The zero-order valence-corrected chi connectivity index (χ0v) is 14.6. The Morgan fingerprint density at radius 1 is 1.50 bits per heavy atom. The third-order valence-electron chi connectivity index (χ3n) is 3.98. The third kappa shape index (κ3) is 3.24. The molecule has 3 heterocycles. The lowest BCUT2D eigenvalue weighted by molar-refractivity contribution is -0.0560. The lowest BCUT2D eigenvalue weighted by Crippen LogP contribution is -2.40. The Morgan fingerprint density at radius 2 is 2.19 bits per heavy atom. The van der Waals surface area contributed by atoms with Crippen molar-refractivity contribution in [1.29, 1.82) is 0 Å². The van der Waals surface area contributed by atoms with E-state index in [4.69, 9.17) is 25.0 Å². The largest absolute Gasteiger partial charge is 0.479 e. The van der Waals surface area contributed by atoms with Gasteiger partial charge in [-0.2, -0.15) is 9.97 Å². The number of ether oxygens (including phenoxy) is 2. The van der Waals surface area contributed by atoms with E-state index in [9.17, 15) is 9.67 Å². The Hall–Kier alpha value is -1.89. The van der Waals surface area contributed by atoms with Gasteiger partial charge in [0.05, 0.1) is 20.0 Å².